The molecule has 6 atom stereocenters. The van der Waals surface area contributed by atoms with Gasteiger partial charge in [0.25, 0.3) is 0 Å². The van der Waals surface area contributed by atoms with Gasteiger partial charge in [0.15, 0.2) is 0 Å². The molecule has 4 heteroatoms. The zero-order valence-corrected chi connectivity index (χ0v) is 14.4. The van der Waals surface area contributed by atoms with E-state index in [2.05, 4.69) is 13.8 Å². The van der Waals surface area contributed by atoms with Crippen molar-refractivity contribution >= 4 is 11.9 Å². The van der Waals surface area contributed by atoms with Crippen LogP contribution in [-0.4, -0.2) is 22.2 Å². The third-order valence-corrected chi connectivity index (χ3v) is 7.83. The lowest BCUT2D eigenvalue weighted by atomic mass is 9.48. The molecule has 4 nitrogen and oxygen atoms in total. The summed E-state index contributed by atoms with van der Waals surface area (Å²) < 4.78 is 0. The fraction of sp³-hybridized carbons (Fsp3) is 0.895. The largest absolute Gasteiger partial charge is 0.481 e. The van der Waals surface area contributed by atoms with Gasteiger partial charge < -0.3 is 10.2 Å². The second-order valence-corrected chi connectivity index (χ2v) is 8.83. The van der Waals surface area contributed by atoms with Crippen molar-refractivity contribution in [2.75, 3.05) is 0 Å². The normalized spacial score (nSPS) is 46.0. The Labute approximate surface area is 138 Å². The van der Waals surface area contributed by atoms with E-state index < -0.39 is 11.9 Å². The summed E-state index contributed by atoms with van der Waals surface area (Å²) in [5.74, 6) is 0.220. The minimum atomic E-state index is -0.694. The minimum Gasteiger partial charge on any atom is -0.481 e. The Morgan fingerprint density at radius 2 is 1.74 bits per heavy atom. The molecule has 0 aromatic heterocycles. The molecule has 0 bridgehead atoms. The Kier molecular flexibility index (Phi) is 4.22. The number of hydrogen-bond donors (Lipinski definition) is 2. The molecule has 23 heavy (non-hydrogen) atoms. The monoisotopic (exact) mass is 322 g/mol. The van der Waals surface area contributed by atoms with E-state index in [1.165, 1.54) is 12.8 Å². The fourth-order valence-electron chi connectivity index (χ4n) is 6.59. The Balaban J connectivity index is 1.81. The van der Waals surface area contributed by atoms with Crippen LogP contribution in [0.3, 0.4) is 0 Å². The Morgan fingerprint density at radius 1 is 1.00 bits per heavy atom. The smallest absolute Gasteiger partial charge is 0.307 e. The molecule has 0 amide bonds. The van der Waals surface area contributed by atoms with Crippen LogP contribution in [0.1, 0.15) is 71.6 Å². The van der Waals surface area contributed by atoms with Gasteiger partial charge in [0, 0.05) is 6.42 Å². The maximum Gasteiger partial charge on any atom is 0.307 e. The zero-order valence-electron chi connectivity index (χ0n) is 14.4. The second kappa shape index (κ2) is 5.78. The third-order valence-electron chi connectivity index (χ3n) is 7.83. The number of hydrogen-bond acceptors (Lipinski definition) is 2. The molecule has 0 heterocycles. The molecule has 0 aliphatic heterocycles. The van der Waals surface area contributed by atoms with Crippen LogP contribution < -0.4 is 0 Å². The van der Waals surface area contributed by atoms with Gasteiger partial charge in [-0.3, -0.25) is 9.59 Å². The van der Waals surface area contributed by atoms with Gasteiger partial charge in [0.1, 0.15) is 0 Å². The van der Waals surface area contributed by atoms with Gasteiger partial charge in [-0.05, 0) is 73.5 Å². The topological polar surface area (TPSA) is 74.6 Å². The number of aliphatic carboxylic acids is 2. The van der Waals surface area contributed by atoms with E-state index in [1.54, 1.807) is 0 Å². The standard InChI is InChI=1S/C19H30O4/c1-18(10-8-16(20)21)9-3-4-12-13(18)7-11-19(2)14(12)5-6-15(19)17(22)23/h12-15H,3-11H2,1-2H3,(H,20,21)(H,22,23)/t12?,13?,14?,15-,18-,19+/m1/s1. The van der Waals surface area contributed by atoms with Crippen molar-refractivity contribution in [2.45, 2.75) is 71.6 Å². The number of fused-ring (bicyclic) bond motifs is 3. The molecule has 3 aliphatic carbocycles. The molecule has 3 aliphatic rings. The van der Waals surface area contributed by atoms with Crippen LogP contribution in [0, 0.1) is 34.5 Å². The van der Waals surface area contributed by atoms with Crippen LogP contribution in [0.15, 0.2) is 0 Å². The molecule has 0 spiro atoms. The van der Waals surface area contributed by atoms with Crippen molar-refractivity contribution in [3.8, 4) is 0 Å². The van der Waals surface area contributed by atoms with Crippen molar-refractivity contribution in [1.29, 1.82) is 0 Å². The minimum absolute atomic E-state index is 0.0436. The van der Waals surface area contributed by atoms with E-state index >= 15 is 0 Å². The predicted molar refractivity (Wildman–Crippen MR) is 87.0 cm³/mol. The Bertz CT molecular complexity index is 502. The molecule has 3 rings (SSSR count). The second-order valence-electron chi connectivity index (χ2n) is 8.83. The van der Waals surface area contributed by atoms with Crippen molar-refractivity contribution < 1.29 is 19.8 Å². The van der Waals surface area contributed by atoms with Gasteiger partial charge in [-0.25, -0.2) is 0 Å². The average Bonchev–Trinajstić information content (AvgIpc) is 2.83. The van der Waals surface area contributed by atoms with Crippen LogP contribution in [0.4, 0.5) is 0 Å². The molecule has 0 aromatic rings. The fourth-order valence-corrected chi connectivity index (χ4v) is 6.59. The molecule has 130 valence electrons. The summed E-state index contributed by atoms with van der Waals surface area (Å²) in [6, 6.07) is 0. The van der Waals surface area contributed by atoms with Crippen molar-refractivity contribution in [1.82, 2.24) is 0 Å². The van der Waals surface area contributed by atoms with Crippen molar-refractivity contribution in [2.24, 2.45) is 34.5 Å². The quantitative estimate of drug-likeness (QED) is 0.814. The van der Waals surface area contributed by atoms with Crippen LogP contribution in [0.5, 0.6) is 0 Å². The van der Waals surface area contributed by atoms with Gasteiger partial charge in [-0.2, -0.15) is 0 Å². The number of carboxylic acid groups (broad SMARTS) is 2. The van der Waals surface area contributed by atoms with Crippen molar-refractivity contribution in [3.63, 3.8) is 0 Å². The molecule has 3 unspecified atom stereocenters. The molecule has 3 saturated carbocycles. The molecular weight excluding hydrogens is 292 g/mol. The van der Waals surface area contributed by atoms with Crippen LogP contribution in [0.25, 0.3) is 0 Å². The first kappa shape index (κ1) is 16.8. The summed E-state index contributed by atoms with van der Waals surface area (Å²) in [6.07, 6.45) is 8.49. The first-order valence-corrected chi connectivity index (χ1v) is 9.22. The molecule has 2 N–H and O–H groups in total. The lowest BCUT2D eigenvalue weighted by Crippen LogP contribution is -2.49. The average molecular weight is 322 g/mol. The van der Waals surface area contributed by atoms with Crippen LogP contribution in [-0.2, 0) is 9.59 Å². The van der Waals surface area contributed by atoms with Crippen LogP contribution >= 0.6 is 0 Å². The highest BCUT2D eigenvalue weighted by Crippen LogP contribution is 2.65. The molecule has 0 aromatic carbocycles. The Hall–Kier alpha value is -1.06. The molecule has 0 radical (unpaired) electrons. The third kappa shape index (κ3) is 2.68. The van der Waals surface area contributed by atoms with E-state index in [0.717, 1.165) is 38.5 Å². The molecular formula is C19H30O4. The van der Waals surface area contributed by atoms with Gasteiger partial charge in [0.2, 0.25) is 0 Å². The van der Waals surface area contributed by atoms with E-state index in [0.29, 0.717) is 17.8 Å². The summed E-state index contributed by atoms with van der Waals surface area (Å²) >= 11 is 0. The first-order chi connectivity index (χ1) is 10.8. The summed E-state index contributed by atoms with van der Waals surface area (Å²) in [7, 11) is 0. The maximum atomic E-state index is 11.7. The number of rotatable bonds is 4. The highest BCUT2D eigenvalue weighted by Gasteiger charge is 2.59. The predicted octanol–water partition coefficient (Wildman–Crippen LogP) is 4.18. The van der Waals surface area contributed by atoms with E-state index in [4.69, 9.17) is 5.11 Å². The Morgan fingerprint density at radius 3 is 2.39 bits per heavy atom. The highest BCUT2D eigenvalue weighted by atomic mass is 16.4. The van der Waals surface area contributed by atoms with E-state index in [1.807, 2.05) is 0 Å². The van der Waals surface area contributed by atoms with E-state index in [-0.39, 0.29) is 23.2 Å². The summed E-state index contributed by atoms with van der Waals surface area (Å²) in [6.45, 7) is 4.50. The molecule has 0 saturated heterocycles. The first-order valence-electron chi connectivity index (χ1n) is 9.22. The summed E-state index contributed by atoms with van der Waals surface area (Å²) in [5.41, 5.74) is 0.0853. The summed E-state index contributed by atoms with van der Waals surface area (Å²) in [5, 5.41) is 18.7. The lowest BCUT2D eigenvalue weighted by molar-refractivity contribution is -0.150. The van der Waals surface area contributed by atoms with Gasteiger partial charge in [-0.15, -0.1) is 0 Å². The van der Waals surface area contributed by atoms with Gasteiger partial charge in [0.05, 0.1) is 5.92 Å². The van der Waals surface area contributed by atoms with Gasteiger partial charge in [-0.1, -0.05) is 20.3 Å². The highest BCUT2D eigenvalue weighted by molar-refractivity contribution is 5.71. The van der Waals surface area contributed by atoms with Gasteiger partial charge >= 0.3 is 11.9 Å². The maximum absolute atomic E-state index is 11.7. The summed E-state index contributed by atoms with van der Waals surface area (Å²) in [4.78, 5) is 22.7. The molecule has 3 fully saturated rings. The number of carbonyl (C=O) groups is 2. The number of carboxylic acids is 2. The SMILES string of the molecule is C[C@]1(CCC(=O)O)CCCC2C1CC[C@@]1(C)C2CC[C@@H]1C(=O)O. The van der Waals surface area contributed by atoms with Crippen LogP contribution in [0.2, 0.25) is 0 Å². The zero-order chi connectivity index (χ0) is 16.8. The van der Waals surface area contributed by atoms with Crippen molar-refractivity contribution in [3.05, 3.63) is 0 Å². The van der Waals surface area contributed by atoms with E-state index in [9.17, 15) is 14.7 Å². The lowest BCUT2D eigenvalue weighted by Gasteiger charge is -2.56.